The van der Waals surface area contributed by atoms with Crippen LogP contribution < -0.4 is 5.32 Å². The summed E-state index contributed by atoms with van der Waals surface area (Å²) in [7, 11) is 4.22. The molecule has 0 atom stereocenters. The molecule has 1 aliphatic carbocycles. The number of aliphatic hydroxyl groups is 1. The lowest BCUT2D eigenvalue weighted by atomic mass is 9.91. The van der Waals surface area contributed by atoms with Gasteiger partial charge >= 0.3 is 0 Å². The van der Waals surface area contributed by atoms with Crippen LogP contribution in [0.15, 0.2) is 0 Å². The maximum Gasteiger partial charge on any atom is 0.0771 e. The van der Waals surface area contributed by atoms with Crippen LogP contribution in [-0.4, -0.2) is 49.3 Å². The highest BCUT2D eigenvalue weighted by Gasteiger charge is 2.28. The van der Waals surface area contributed by atoms with Gasteiger partial charge in [0.05, 0.1) is 5.60 Å². The van der Waals surface area contributed by atoms with Gasteiger partial charge in [-0.25, -0.2) is 0 Å². The quantitative estimate of drug-likeness (QED) is 0.716. The first-order valence-corrected chi connectivity index (χ1v) is 7.41. The number of nitrogens with zero attached hydrogens (tertiary/aromatic N) is 1. The zero-order chi connectivity index (χ0) is 13.6. The van der Waals surface area contributed by atoms with Gasteiger partial charge in [-0.05, 0) is 32.4 Å². The number of rotatable bonds is 6. The van der Waals surface area contributed by atoms with Crippen LogP contribution in [-0.2, 0) is 0 Å². The summed E-state index contributed by atoms with van der Waals surface area (Å²) in [5, 5.41) is 14.0. The van der Waals surface area contributed by atoms with Crippen molar-refractivity contribution in [3.8, 4) is 0 Å². The van der Waals surface area contributed by atoms with E-state index in [9.17, 15) is 5.11 Å². The Morgan fingerprint density at radius 2 is 1.67 bits per heavy atom. The van der Waals surface area contributed by atoms with Gasteiger partial charge in [-0.1, -0.05) is 39.5 Å². The first-order chi connectivity index (χ1) is 8.33. The zero-order valence-electron chi connectivity index (χ0n) is 12.8. The molecule has 0 aliphatic heterocycles. The summed E-state index contributed by atoms with van der Waals surface area (Å²) in [6.07, 6.45) is 6.86. The van der Waals surface area contributed by atoms with Gasteiger partial charge in [0.25, 0.3) is 0 Å². The average Bonchev–Trinajstić information content (AvgIpc) is 2.41. The van der Waals surface area contributed by atoms with Crippen molar-refractivity contribution in [1.29, 1.82) is 0 Å². The van der Waals surface area contributed by atoms with Crippen molar-refractivity contribution in [2.24, 2.45) is 5.41 Å². The molecule has 108 valence electrons. The molecule has 0 radical (unpaired) electrons. The molecule has 0 amide bonds. The Morgan fingerprint density at radius 3 is 2.17 bits per heavy atom. The molecule has 1 fully saturated rings. The normalized spacial score (nSPS) is 21.0. The van der Waals surface area contributed by atoms with Gasteiger partial charge in [0.1, 0.15) is 0 Å². The van der Waals surface area contributed by atoms with E-state index in [1.165, 1.54) is 25.7 Å². The summed E-state index contributed by atoms with van der Waals surface area (Å²) in [5.74, 6) is 0. The van der Waals surface area contributed by atoms with Gasteiger partial charge in [0.2, 0.25) is 0 Å². The van der Waals surface area contributed by atoms with E-state index in [2.05, 4.69) is 38.2 Å². The first-order valence-electron chi connectivity index (χ1n) is 7.41. The van der Waals surface area contributed by atoms with Gasteiger partial charge in [0, 0.05) is 19.6 Å². The fourth-order valence-corrected chi connectivity index (χ4v) is 3.11. The Kier molecular flexibility index (Phi) is 6.09. The maximum absolute atomic E-state index is 10.6. The Bertz CT molecular complexity index is 231. The minimum absolute atomic E-state index is 0.255. The molecule has 0 spiro atoms. The SMILES string of the molecule is CN(C)CC(C)(C)CNCC1(O)CCCCCC1. The monoisotopic (exact) mass is 256 g/mol. The van der Waals surface area contributed by atoms with Crippen LogP contribution in [0.25, 0.3) is 0 Å². The first kappa shape index (κ1) is 15.9. The molecule has 2 N–H and O–H groups in total. The van der Waals surface area contributed by atoms with E-state index in [0.717, 1.165) is 32.5 Å². The van der Waals surface area contributed by atoms with Crippen molar-refractivity contribution in [3.05, 3.63) is 0 Å². The lowest BCUT2D eigenvalue weighted by Crippen LogP contribution is -2.45. The average molecular weight is 256 g/mol. The highest BCUT2D eigenvalue weighted by molar-refractivity contribution is 4.84. The van der Waals surface area contributed by atoms with E-state index in [1.807, 2.05) is 0 Å². The van der Waals surface area contributed by atoms with Crippen molar-refractivity contribution in [2.75, 3.05) is 33.7 Å². The lowest BCUT2D eigenvalue weighted by molar-refractivity contribution is 0.0228. The molecule has 1 rings (SSSR count). The summed E-state index contributed by atoms with van der Waals surface area (Å²) in [6, 6.07) is 0. The minimum atomic E-state index is -0.454. The highest BCUT2D eigenvalue weighted by Crippen LogP contribution is 2.26. The Hall–Kier alpha value is -0.120. The second-order valence-corrected chi connectivity index (χ2v) is 7.14. The van der Waals surface area contributed by atoms with E-state index in [4.69, 9.17) is 0 Å². The smallest absolute Gasteiger partial charge is 0.0771 e. The van der Waals surface area contributed by atoms with Crippen molar-refractivity contribution < 1.29 is 5.11 Å². The van der Waals surface area contributed by atoms with Gasteiger partial charge in [-0.15, -0.1) is 0 Å². The minimum Gasteiger partial charge on any atom is -0.389 e. The van der Waals surface area contributed by atoms with E-state index in [1.54, 1.807) is 0 Å². The predicted molar refractivity (Wildman–Crippen MR) is 77.9 cm³/mol. The highest BCUT2D eigenvalue weighted by atomic mass is 16.3. The number of hydrogen-bond acceptors (Lipinski definition) is 3. The zero-order valence-corrected chi connectivity index (χ0v) is 12.8. The fraction of sp³-hybridized carbons (Fsp3) is 1.00. The van der Waals surface area contributed by atoms with Gasteiger partial charge in [-0.3, -0.25) is 0 Å². The van der Waals surface area contributed by atoms with E-state index < -0.39 is 5.60 Å². The van der Waals surface area contributed by atoms with Crippen LogP contribution in [0.2, 0.25) is 0 Å². The van der Waals surface area contributed by atoms with Crippen molar-refractivity contribution in [3.63, 3.8) is 0 Å². The molecule has 0 aromatic carbocycles. The second-order valence-electron chi connectivity index (χ2n) is 7.14. The van der Waals surface area contributed by atoms with E-state index in [-0.39, 0.29) is 5.41 Å². The van der Waals surface area contributed by atoms with Crippen LogP contribution in [0.3, 0.4) is 0 Å². The van der Waals surface area contributed by atoms with Crippen LogP contribution in [0.5, 0.6) is 0 Å². The third-order valence-electron chi connectivity index (χ3n) is 3.84. The van der Waals surface area contributed by atoms with Gasteiger partial charge in [0.15, 0.2) is 0 Å². The van der Waals surface area contributed by atoms with Crippen molar-refractivity contribution >= 4 is 0 Å². The van der Waals surface area contributed by atoms with E-state index >= 15 is 0 Å². The van der Waals surface area contributed by atoms with Crippen molar-refractivity contribution in [1.82, 2.24) is 10.2 Å². The topological polar surface area (TPSA) is 35.5 Å². The molecule has 0 heterocycles. The maximum atomic E-state index is 10.6. The second kappa shape index (κ2) is 6.88. The third-order valence-corrected chi connectivity index (χ3v) is 3.84. The van der Waals surface area contributed by atoms with Gasteiger partial charge < -0.3 is 15.3 Å². The Balaban J connectivity index is 2.31. The molecule has 1 aliphatic rings. The molecule has 18 heavy (non-hydrogen) atoms. The third kappa shape index (κ3) is 6.17. The molecule has 3 nitrogen and oxygen atoms in total. The number of hydrogen-bond donors (Lipinski definition) is 2. The molecule has 0 aromatic heterocycles. The molecule has 3 heteroatoms. The van der Waals surface area contributed by atoms with Gasteiger partial charge in [-0.2, -0.15) is 0 Å². The van der Waals surface area contributed by atoms with Crippen LogP contribution in [0.1, 0.15) is 52.4 Å². The molecular weight excluding hydrogens is 224 g/mol. The predicted octanol–water partition coefficient (Wildman–Crippen LogP) is 2.25. The summed E-state index contributed by atoms with van der Waals surface area (Å²) in [6.45, 7) is 7.34. The summed E-state index contributed by atoms with van der Waals surface area (Å²) in [5.41, 5.74) is -0.199. The van der Waals surface area contributed by atoms with Crippen LogP contribution in [0.4, 0.5) is 0 Å². The van der Waals surface area contributed by atoms with E-state index in [0.29, 0.717) is 0 Å². The standard InChI is InChI=1S/C15H32N2O/c1-14(2,13-17(3)4)11-16-12-15(18)9-7-5-6-8-10-15/h16,18H,5-13H2,1-4H3. The van der Waals surface area contributed by atoms with Crippen LogP contribution in [0, 0.1) is 5.41 Å². The summed E-state index contributed by atoms with van der Waals surface area (Å²) in [4.78, 5) is 2.22. The molecule has 0 unspecified atom stereocenters. The molecule has 0 aromatic rings. The molecule has 1 saturated carbocycles. The lowest BCUT2D eigenvalue weighted by Gasteiger charge is -2.32. The molecular formula is C15H32N2O. The fourth-order valence-electron chi connectivity index (χ4n) is 3.11. The number of nitrogens with one attached hydrogen (secondary N) is 1. The van der Waals surface area contributed by atoms with Crippen molar-refractivity contribution in [2.45, 2.75) is 58.0 Å². The summed E-state index contributed by atoms with van der Waals surface area (Å²) >= 11 is 0. The Morgan fingerprint density at radius 1 is 1.11 bits per heavy atom. The molecule has 0 saturated heterocycles. The molecule has 0 bridgehead atoms. The summed E-state index contributed by atoms with van der Waals surface area (Å²) < 4.78 is 0. The Labute approximate surface area is 113 Å². The van der Waals surface area contributed by atoms with Crippen LogP contribution >= 0.6 is 0 Å². The largest absolute Gasteiger partial charge is 0.389 e.